The molecule has 1 atom stereocenters. The van der Waals surface area contributed by atoms with E-state index in [0.717, 1.165) is 22.6 Å². The summed E-state index contributed by atoms with van der Waals surface area (Å²) in [7, 11) is 3.17. The number of aryl methyl sites for hydroxylation is 1. The van der Waals surface area contributed by atoms with E-state index in [2.05, 4.69) is 10.6 Å². The molecule has 0 saturated carbocycles. The average molecular weight is 392 g/mol. The molecular weight excluding hydrogens is 368 g/mol. The Balaban J connectivity index is 1.60. The Morgan fingerprint density at radius 1 is 1.00 bits per heavy atom. The first-order chi connectivity index (χ1) is 14.1. The van der Waals surface area contributed by atoms with Gasteiger partial charge in [0.25, 0.3) is 0 Å². The highest BCUT2D eigenvalue weighted by Gasteiger charge is 2.21. The van der Waals surface area contributed by atoms with Gasteiger partial charge in [-0.2, -0.15) is 0 Å². The van der Waals surface area contributed by atoms with Gasteiger partial charge in [0.15, 0.2) is 0 Å². The minimum absolute atomic E-state index is 0.218. The van der Waals surface area contributed by atoms with Crippen LogP contribution in [0.2, 0.25) is 0 Å². The number of nitrogens with one attached hydrogen (secondary N) is 2. The fourth-order valence-electron chi connectivity index (χ4n) is 2.98. The van der Waals surface area contributed by atoms with Crippen LogP contribution in [0.15, 0.2) is 71.1 Å². The molecular formula is C23H24N2O4. The number of carbonyl (C=O) groups is 2. The van der Waals surface area contributed by atoms with E-state index in [-0.39, 0.29) is 18.2 Å². The molecule has 1 aromatic heterocycles. The molecule has 3 rings (SSSR count). The van der Waals surface area contributed by atoms with Gasteiger partial charge < -0.3 is 19.8 Å². The van der Waals surface area contributed by atoms with Gasteiger partial charge in [-0.3, -0.25) is 9.59 Å². The van der Waals surface area contributed by atoms with Crippen LogP contribution in [0.4, 0.5) is 0 Å². The van der Waals surface area contributed by atoms with Crippen molar-refractivity contribution >= 4 is 11.8 Å². The van der Waals surface area contributed by atoms with Crippen molar-refractivity contribution in [2.75, 3.05) is 14.2 Å². The summed E-state index contributed by atoms with van der Waals surface area (Å²) in [6, 6.07) is 19.8. The molecule has 6 nitrogen and oxygen atoms in total. The Morgan fingerprint density at radius 2 is 1.72 bits per heavy atom. The minimum Gasteiger partial charge on any atom is -0.497 e. The molecule has 0 radical (unpaired) electrons. The van der Waals surface area contributed by atoms with E-state index in [4.69, 9.17) is 9.15 Å². The third-order valence-corrected chi connectivity index (χ3v) is 4.58. The fraction of sp³-hybridized carbons (Fsp3) is 0.217. The van der Waals surface area contributed by atoms with Gasteiger partial charge in [-0.15, -0.1) is 0 Å². The van der Waals surface area contributed by atoms with Crippen LogP contribution in [0.25, 0.3) is 11.3 Å². The molecule has 2 aromatic carbocycles. The number of benzene rings is 2. The molecule has 0 spiro atoms. The summed E-state index contributed by atoms with van der Waals surface area (Å²) in [6.45, 7) is 0. The third kappa shape index (κ3) is 5.25. The van der Waals surface area contributed by atoms with Gasteiger partial charge >= 0.3 is 0 Å². The summed E-state index contributed by atoms with van der Waals surface area (Å²) in [5.41, 5.74) is 1.67. The van der Waals surface area contributed by atoms with Gasteiger partial charge in [0.2, 0.25) is 11.8 Å². The van der Waals surface area contributed by atoms with Crippen LogP contribution in [-0.2, 0) is 16.0 Å². The maximum atomic E-state index is 12.4. The van der Waals surface area contributed by atoms with Crippen molar-refractivity contribution in [3.63, 3.8) is 0 Å². The molecule has 150 valence electrons. The van der Waals surface area contributed by atoms with E-state index in [9.17, 15) is 9.59 Å². The summed E-state index contributed by atoms with van der Waals surface area (Å²) in [5.74, 6) is 1.74. The number of likely N-dealkylation sites (N-methyl/N-ethyl adjacent to an activating group) is 1. The number of amides is 2. The van der Waals surface area contributed by atoms with Crippen molar-refractivity contribution in [1.82, 2.24) is 10.6 Å². The zero-order valence-electron chi connectivity index (χ0n) is 16.5. The molecule has 3 aromatic rings. The maximum absolute atomic E-state index is 12.4. The largest absolute Gasteiger partial charge is 0.497 e. The molecule has 0 aliphatic heterocycles. The maximum Gasteiger partial charge on any atom is 0.246 e. The topological polar surface area (TPSA) is 80.6 Å². The lowest BCUT2D eigenvalue weighted by molar-refractivity contribution is -0.128. The smallest absolute Gasteiger partial charge is 0.246 e. The molecule has 2 N–H and O–H groups in total. The number of carbonyl (C=O) groups excluding carboxylic acids is 2. The first-order valence-electron chi connectivity index (χ1n) is 9.39. The highest BCUT2D eigenvalue weighted by molar-refractivity contribution is 5.88. The quantitative estimate of drug-likeness (QED) is 0.615. The van der Waals surface area contributed by atoms with Gasteiger partial charge in [-0.1, -0.05) is 30.3 Å². The van der Waals surface area contributed by atoms with Crippen molar-refractivity contribution in [1.29, 1.82) is 0 Å². The number of hydrogen-bond donors (Lipinski definition) is 2. The molecule has 0 saturated heterocycles. The second-order valence-electron chi connectivity index (χ2n) is 6.52. The van der Waals surface area contributed by atoms with Crippen LogP contribution in [0.5, 0.6) is 5.75 Å². The number of methoxy groups -OCH3 is 1. The van der Waals surface area contributed by atoms with E-state index in [1.54, 1.807) is 14.2 Å². The molecule has 2 amide bonds. The molecule has 29 heavy (non-hydrogen) atoms. The summed E-state index contributed by atoms with van der Waals surface area (Å²) >= 11 is 0. The normalized spacial score (nSPS) is 11.5. The van der Waals surface area contributed by atoms with Crippen molar-refractivity contribution in [3.8, 4) is 17.1 Å². The van der Waals surface area contributed by atoms with Crippen LogP contribution in [0, 0.1) is 0 Å². The number of ether oxygens (including phenoxy) is 1. The Labute approximate surface area is 169 Å². The van der Waals surface area contributed by atoms with Crippen LogP contribution < -0.4 is 15.4 Å². The standard InChI is InChI=1S/C23H24N2O4/c1-24-23(27)22(17-6-4-3-5-7-17)25-21(26)15-13-19-12-14-20(29-19)16-8-10-18(28-2)11-9-16/h3-12,14,22H,13,15H2,1-2H3,(H,24,27)(H,25,26)/t22-/m1/s1. The van der Waals surface area contributed by atoms with Crippen molar-refractivity contribution in [3.05, 3.63) is 78.1 Å². The molecule has 0 aliphatic rings. The highest BCUT2D eigenvalue weighted by Crippen LogP contribution is 2.25. The predicted octanol–water partition coefficient (Wildman–Crippen LogP) is 3.49. The lowest BCUT2D eigenvalue weighted by Crippen LogP contribution is -2.39. The predicted molar refractivity (Wildman–Crippen MR) is 110 cm³/mol. The van der Waals surface area contributed by atoms with Gasteiger partial charge in [0, 0.05) is 25.5 Å². The van der Waals surface area contributed by atoms with E-state index in [1.165, 1.54) is 0 Å². The molecule has 0 aliphatic carbocycles. The lowest BCUT2D eigenvalue weighted by Gasteiger charge is -2.17. The molecule has 0 bridgehead atoms. The van der Waals surface area contributed by atoms with Crippen molar-refractivity contribution in [2.24, 2.45) is 0 Å². The van der Waals surface area contributed by atoms with Crippen molar-refractivity contribution < 1.29 is 18.7 Å². The van der Waals surface area contributed by atoms with Gasteiger partial charge in [0.05, 0.1) is 7.11 Å². The first kappa shape index (κ1) is 20.2. The monoisotopic (exact) mass is 392 g/mol. The van der Waals surface area contributed by atoms with Gasteiger partial charge in [-0.05, 0) is 42.0 Å². The molecule has 6 heteroatoms. The van der Waals surface area contributed by atoms with E-state index < -0.39 is 6.04 Å². The van der Waals surface area contributed by atoms with Gasteiger partial charge in [0.1, 0.15) is 23.3 Å². The second-order valence-corrected chi connectivity index (χ2v) is 6.52. The average Bonchev–Trinajstić information content (AvgIpc) is 3.25. The Bertz CT molecular complexity index is 949. The van der Waals surface area contributed by atoms with Crippen LogP contribution in [0.1, 0.15) is 23.8 Å². The summed E-state index contributed by atoms with van der Waals surface area (Å²) in [5, 5.41) is 5.39. The Hall–Kier alpha value is -3.54. The zero-order valence-corrected chi connectivity index (χ0v) is 16.5. The Morgan fingerprint density at radius 3 is 2.38 bits per heavy atom. The second kappa shape index (κ2) is 9.59. The lowest BCUT2D eigenvalue weighted by atomic mass is 10.1. The van der Waals surface area contributed by atoms with Crippen LogP contribution >= 0.6 is 0 Å². The number of rotatable bonds is 8. The molecule has 0 fully saturated rings. The van der Waals surface area contributed by atoms with Crippen LogP contribution in [-0.4, -0.2) is 26.0 Å². The Kier molecular flexibility index (Phi) is 6.68. The van der Waals surface area contributed by atoms with E-state index in [1.807, 2.05) is 66.7 Å². The van der Waals surface area contributed by atoms with Crippen molar-refractivity contribution in [2.45, 2.75) is 18.9 Å². The minimum atomic E-state index is -0.722. The van der Waals surface area contributed by atoms with E-state index in [0.29, 0.717) is 12.2 Å². The number of furan rings is 1. The molecule has 0 unspecified atom stereocenters. The fourth-order valence-corrected chi connectivity index (χ4v) is 2.98. The first-order valence-corrected chi connectivity index (χ1v) is 9.39. The summed E-state index contributed by atoms with van der Waals surface area (Å²) in [4.78, 5) is 24.6. The summed E-state index contributed by atoms with van der Waals surface area (Å²) in [6.07, 6.45) is 0.660. The van der Waals surface area contributed by atoms with Gasteiger partial charge in [-0.25, -0.2) is 0 Å². The third-order valence-electron chi connectivity index (χ3n) is 4.58. The summed E-state index contributed by atoms with van der Waals surface area (Å²) < 4.78 is 11.0. The van der Waals surface area contributed by atoms with E-state index >= 15 is 0 Å². The SMILES string of the molecule is CNC(=O)[C@H](NC(=O)CCc1ccc(-c2ccc(OC)cc2)o1)c1ccccc1. The zero-order chi connectivity index (χ0) is 20.6. The van der Waals surface area contributed by atoms with Crippen LogP contribution in [0.3, 0.4) is 0 Å². The molecule has 1 heterocycles. The highest BCUT2D eigenvalue weighted by atomic mass is 16.5. The number of hydrogen-bond acceptors (Lipinski definition) is 4.